The van der Waals surface area contributed by atoms with Crippen LogP contribution in [0, 0.1) is 0 Å². The van der Waals surface area contributed by atoms with E-state index in [1.165, 1.54) is 5.04 Å². The van der Waals surface area contributed by atoms with Gasteiger partial charge in [-0.05, 0) is 19.3 Å². The molecule has 0 aromatic heterocycles. The fourth-order valence-electron chi connectivity index (χ4n) is 0.919. The van der Waals surface area contributed by atoms with E-state index in [4.69, 9.17) is 5.11 Å². The van der Waals surface area contributed by atoms with Gasteiger partial charge >= 0.3 is 0 Å². The van der Waals surface area contributed by atoms with Crippen molar-refractivity contribution >= 4 is 16.8 Å². The van der Waals surface area contributed by atoms with Crippen molar-refractivity contribution in [2.24, 2.45) is 4.99 Å². The molecule has 1 aliphatic heterocycles. The molecule has 0 spiro atoms. The minimum atomic E-state index is 0.317. The second-order valence-electron chi connectivity index (χ2n) is 2.30. The highest BCUT2D eigenvalue weighted by Crippen LogP contribution is 2.16. The maximum atomic E-state index is 8.49. The molecule has 0 aromatic rings. The van der Waals surface area contributed by atoms with Crippen LogP contribution in [-0.4, -0.2) is 29.1 Å². The zero-order valence-electron chi connectivity index (χ0n) is 6.05. The third kappa shape index (κ3) is 2.71. The monoisotopic (exact) mass is 159 g/mol. The summed E-state index contributed by atoms with van der Waals surface area (Å²) in [6.45, 7) is 1.32. The van der Waals surface area contributed by atoms with Gasteiger partial charge < -0.3 is 5.11 Å². The van der Waals surface area contributed by atoms with E-state index in [1.807, 2.05) is 11.8 Å². The summed E-state index contributed by atoms with van der Waals surface area (Å²) in [6, 6.07) is 0. The molecule has 0 aromatic carbocycles. The second kappa shape index (κ2) is 4.74. The predicted molar refractivity (Wildman–Crippen MR) is 45.7 cm³/mol. The molecule has 1 aliphatic rings. The summed E-state index contributed by atoms with van der Waals surface area (Å²) >= 11 is 1.86. The minimum Gasteiger partial charge on any atom is -0.396 e. The number of thioether (sulfide) groups is 1. The van der Waals surface area contributed by atoms with Crippen LogP contribution in [-0.2, 0) is 0 Å². The number of aliphatic hydroxyl groups is 1. The van der Waals surface area contributed by atoms with Crippen LogP contribution >= 0.6 is 11.8 Å². The average Bonchev–Trinajstić information content (AvgIpc) is 2.41. The van der Waals surface area contributed by atoms with E-state index in [2.05, 4.69) is 4.99 Å². The molecule has 0 atom stereocenters. The standard InChI is InChI=1S/C7H13NOS/c9-5-2-1-3-7-8-4-6-10-7/h9H,1-6H2. The van der Waals surface area contributed by atoms with Crippen LogP contribution < -0.4 is 0 Å². The third-order valence-corrected chi connectivity index (χ3v) is 2.50. The molecule has 10 heavy (non-hydrogen) atoms. The molecule has 3 heteroatoms. The van der Waals surface area contributed by atoms with Crippen molar-refractivity contribution in [1.82, 2.24) is 0 Å². The van der Waals surface area contributed by atoms with Gasteiger partial charge in [-0.1, -0.05) is 0 Å². The summed E-state index contributed by atoms with van der Waals surface area (Å²) in [7, 11) is 0. The van der Waals surface area contributed by atoms with Gasteiger partial charge in [-0.15, -0.1) is 11.8 Å². The number of aliphatic hydroxyl groups excluding tert-OH is 1. The smallest absolute Gasteiger partial charge is 0.0676 e. The van der Waals surface area contributed by atoms with Crippen molar-refractivity contribution in [2.45, 2.75) is 19.3 Å². The lowest BCUT2D eigenvalue weighted by atomic mass is 10.2. The van der Waals surface area contributed by atoms with Crippen LogP contribution in [0.2, 0.25) is 0 Å². The Labute approximate surface area is 65.7 Å². The fourth-order valence-corrected chi connectivity index (χ4v) is 1.81. The molecule has 2 nitrogen and oxygen atoms in total. The van der Waals surface area contributed by atoms with Crippen LogP contribution in [0.5, 0.6) is 0 Å². The van der Waals surface area contributed by atoms with Gasteiger partial charge in [-0.25, -0.2) is 0 Å². The van der Waals surface area contributed by atoms with Gasteiger partial charge in [0.2, 0.25) is 0 Å². The number of rotatable bonds is 4. The Bertz CT molecular complexity index is 125. The quantitative estimate of drug-likeness (QED) is 0.627. The summed E-state index contributed by atoms with van der Waals surface area (Å²) in [4.78, 5) is 4.31. The molecular formula is C7H13NOS. The van der Waals surface area contributed by atoms with Crippen molar-refractivity contribution in [3.63, 3.8) is 0 Å². The van der Waals surface area contributed by atoms with E-state index in [1.54, 1.807) is 0 Å². The molecule has 0 radical (unpaired) electrons. The molecule has 0 aliphatic carbocycles. The van der Waals surface area contributed by atoms with E-state index >= 15 is 0 Å². The summed E-state index contributed by atoms with van der Waals surface area (Å²) in [6.07, 6.45) is 3.08. The first-order valence-corrected chi connectivity index (χ1v) is 4.69. The zero-order chi connectivity index (χ0) is 7.23. The second-order valence-corrected chi connectivity index (χ2v) is 3.47. The minimum absolute atomic E-state index is 0.317. The number of nitrogens with zero attached hydrogens (tertiary/aromatic N) is 1. The number of aliphatic imine (C=N–C) groups is 1. The molecule has 58 valence electrons. The van der Waals surface area contributed by atoms with Gasteiger partial charge in [0, 0.05) is 18.9 Å². The summed E-state index contributed by atoms with van der Waals surface area (Å²) in [5.74, 6) is 1.16. The Kier molecular flexibility index (Phi) is 3.83. The Morgan fingerprint density at radius 2 is 2.40 bits per heavy atom. The normalized spacial score (nSPS) is 17.5. The van der Waals surface area contributed by atoms with Crippen molar-refractivity contribution < 1.29 is 5.11 Å². The number of unbranched alkanes of at least 4 members (excludes halogenated alkanes) is 1. The molecule has 0 bridgehead atoms. The Balaban J connectivity index is 2.01. The lowest BCUT2D eigenvalue weighted by molar-refractivity contribution is 0.285. The first-order valence-electron chi connectivity index (χ1n) is 3.70. The van der Waals surface area contributed by atoms with E-state index in [9.17, 15) is 0 Å². The SMILES string of the molecule is OCCCCC1=NCCS1. The number of hydrogen-bond acceptors (Lipinski definition) is 3. The van der Waals surface area contributed by atoms with Crippen LogP contribution in [0.25, 0.3) is 0 Å². The van der Waals surface area contributed by atoms with Gasteiger partial charge in [0.05, 0.1) is 5.04 Å². The van der Waals surface area contributed by atoms with Crippen LogP contribution in [0.4, 0.5) is 0 Å². The highest BCUT2D eigenvalue weighted by Gasteiger charge is 2.04. The summed E-state index contributed by atoms with van der Waals surface area (Å²) < 4.78 is 0. The zero-order valence-corrected chi connectivity index (χ0v) is 6.86. The van der Waals surface area contributed by atoms with E-state index in [0.717, 1.165) is 31.6 Å². The van der Waals surface area contributed by atoms with Crippen LogP contribution in [0.3, 0.4) is 0 Å². The lowest BCUT2D eigenvalue weighted by Gasteiger charge is -1.96. The maximum absolute atomic E-state index is 8.49. The summed E-state index contributed by atoms with van der Waals surface area (Å²) in [5.41, 5.74) is 0. The molecule has 1 N–H and O–H groups in total. The van der Waals surface area contributed by atoms with Crippen molar-refractivity contribution in [1.29, 1.82) is 0 Å². The highest BCUT2D eigenvalue weighted by molar-refractivity contribution is 8.14. The molecule has 0 saturated carbocycles. The van der Waals surface area contributed by atoms with Crippen LogP contribution in [0.15, 0.2) is 4.99 Å². The topological polar surface area (TPSA) is 32.6 Å². The van der Waals surface area contributed by atoms with E-state index in [0.29, 0.717) is 6.61 Å². The maximum Gasteiger partial charge on any atom is 0.0676 e. The van der Waals surface area contributed by atoms with Gasteiger partial charge in [-0.2, -0.15) is 0 Å². The predicted octanol–water partition coefficient (Wildman–Crippen LogP) is 1.29. The molecule has 0 unspecified atom stereocenters. The van der Waals surface area contributed by atoms with Crippen molar-refractivity contribution in [3.05, 3.63) is 0 Å². The van der Waals surface area contributed by atoms with Crippen molar-refractivity contribution in [2.75, 3.05) is 18.9 Å². The van der Waals surface area contributed by atoms with Gasteiger partial charge in [0.1, 0.15) is 0 Å². The molecule has 0 saturated heterocycles. The number of hydrogen-bond donors (Lipinski definition) is 1. The lowest BCUT2D eigenvalue weighted by Crippen LogP contribution is -1.90. The summed E-state index contributed by atoms with van der Waals surface area (Å²) in [5, 5.41) is 9.78. The largest absolute Gasteiger partial charge is 0.396 e. The first kappa shape index (κ1) is 8.08. The fraction of sp³-hybridized carbons (Fsp3) is 0.857. The van der Waals surface area contributed by atoms with Crippen molar-refractivity contribution in [3.8, 4) is 0 Å². The molecule has 0 fully saturated rings. The Morgan fingerprint density at radius 3 is 3.00 bits per heavy atom. The van der Waals surface area contributed by atoms with E-state index in [-0.39, 0.29) is 0 Å². The molecule has 0 amide bonds. The Morgan fingerprint density at radius 1 is 1.50 bits per heavy atom. The third-order valence-electron chi connectivity index (χ3n) is 1.45. The Hall–Kier alpha value is -0.0200. The van der Waals surface area contributed by atoms with E-state index < -0.39 is 0 Å². The van der Waals surface area contributed by atoms with Crippen LogP contribution in [0.1, 0.15) is 19.3 Å². The molecule has 1 rings (SSSR count). The molecule has 1 heterocycles. The molecular weight excluding hydrogens is 146 g/mol. The first-order chi connectivity index (χ1) is 4.93. The van der Waals surface area contributed by atoms with Gasteiger partial charge in [-0.3, -0.25) is 4.99 Å². The highest BCUT2D eigenvalue weighted by atomic mass is 32.2. The van der Waals surface area contributed by atoms with Gasteiger partial charge in [0.15, 0.2) is 0 Å². The average molecular weight is 159 g/mol. The van der Waals surface area contributed by atoms with Gasteiger partial charge in [0.25, 0.3) is 0 Å².